The van der Waals surface area contributed by atoms with Crippen molar-refractivity contribution >= 4 is 22.1 Å². The average Bonchev–Trinajstić information content (AvgIpc) is 2.80. The summed E-state index contributed by atoms with van der Waals surface area (Å²) in [7, 11) is 0. The van der Waals surface area contributed by atoms with Gasteiger partial charge >= 0.3 is 0 Å². The van der Waals surface area contributed by atoms with Gasteiger partial charge in [-0.05, 0) is 57.3 Å². The maximum atomic E-state index is 3.54. The van der Waals surface area contributed by atoms with Crippen molar-refractivity contribution in [2.75, 3.05) is 5.32 Å². The molecule has 0 heterocycles. The molecule has 0 aliphatic carbocycles. The first-order valence-corrected chi connectivity index (χ1v) is 9.87. The van der Waals surface area contributed by atoms with E-state index in [0.717, 1.165) is 11.4 Å². The van der Waals surface area contributed by atoms with Crippen molar-refractivity contribution < 1.29 is 0 Å². The molecule has 0 unspecified atom stereocenters. The first kappa shape index (κ1) is 17.3. The second-order valence-electron chi connectivity index (χ2n) is 7.21. The fourth-order valence-electron chi connectivity index (χ4n) is 3.70. The molecule has 5 aromatic carbocycles. The van der Waals surface area contributed by atoms with Crippen LogP contribution in [0.2, 0.25) is 0 Å². The van der Waals surface area contributed by atoms with Crippen molar-refractivity contribution in [1.29, 1.82) is 0 Å². The molecule has 0 aliphatic heterocycles. The Morgan fingerprint density at radius 1 is 0.345 bits per heavy atom. The lowest BCUT2D eigenvalue weighted by atomic mass is 10.00. The summed E-state index contributed by atoms with van der Waals surface area (Å²) < 4.78 is 0. The summed E-state index contributed by atoms with van der Waals surface area (Å²) in [4.78, 5) is 0. The third kappa shape index (κ3) is 3.76. The normalized spacial score (nSPS) is 10.8. The molecule has 0 saturated carbocycles. The molecule has 0 aromatic heterocycles. The van der Waals surface area contributed by atoms with Gasteiger partial charge in [0.2, 0.25) is 0 Å². The minimum atomic E-state index is 1.09. The lowest BCUT2D eigenvalue weighted by Crippen LogP contribution is -1.90. The topological polar surface area (TPSA) is 12.0 Å². The minimum absolute atomic E-state index is 1.09. The van der Waals surface area contributed by atoms with Gasteiger partial charge in [-0.25, -0.2) is 0 Å². The van der Waals surface area contributed by atoms with Gasteiger partial charge in [-0.2, -0.15) is 0 Å². The molecule has 5 rings (SSSR count). The number of benzene rings is 5. The molecule has 0 atom stereocenters. The van der Waals surface area contributed by atoms with E-state index in [1.807, 2.05) is 6.07 Å². The van der Waals surface area contributed by atoms with Crippen LogP contribution < -0.4 is 5.32 Å². The van der Waals surface area contributed by atoms with Crippen LogP contribution in [0.3, 0.4) is 0 Å². The third-order valence-electron chi connectivity index (χ3n) is 5.23. The largest absolute Gasteiger partial charge is 0.355 e. The number of nitrogens with one attached hydrogen (secondary N) is 1. The zero-order valence-corrected chi connectivity index (χ0v) is 16.0. The van der Waals surface area contributed by atoms with Crippen molar-refractivity contribution in [3.8, 4) is 22.3 Å². The Kier molecular flexibility index (Phi) is 4.56. The van der Waals surface area contributed by atoms with E-state index < -0.39 is 0 Å². The highest BCUT2D eigenvalue weighted by Crippen LogP contribution is 2.28. The first-order chi connectivity index (χ1) is 14.3. The Bertz CT molecular complexity index is 1250. The molecular formula is C28H21N. The number of anilines is 2. The van der Waals surface area contributed by atoms with E-state index in [1.54, 1.807) is 0 Å². The first-order valence-electron chi connectivity index (χ1n) is 9.87. The molecule has 29 heavy (non-hydrogen) atoms. The van der Waals surface area contributed by atoms with E-state index >= 15 is 0 Å². The van der Waals surface area contributed by atoms with E-state index in [1.165, 1.54) is 33.0 Å². The summed E-state index contributed by atoms with van der Waals surface area (Å²) in [5.41, 5.74) is 7.08. The van der Waals surface area contributed by atoms with Gasteiger partial charge in [-0.3, -0.25) is 0 Å². The lowest BCUT2D eigenvalue weighted by molar-refractivity contribution is 1.55. The molecule has 0 amide bonds. The molecular weight excluding hydrogens is 350 g/mol. The summed E-state index contributed by atoms with van der Waals surface area (Å²) in [5.74, 6) is 0. The Morgan fingerprint density at radius 3 is 1.72 bits per heavy atom. The zero-order chi connectivity index (χ0) is 19.5. The summed E-state index contributed by atoms with van der Waals surface area (Å²) in [6.07, 6.45) is 0. The van der Waals surface area contributed by atoms with Gasteiger partial charge < -0.3 is 5.32 Å². The van der Waals surface area contributed by atoms with E-state index in [4.69, 9.17) is 0 Å². The predicted molar refractivity (Wildman–Crippen MR) is 125 cm³/mol. The maximum Gasteiger partial charge on any atom is 0.0390 e. The van der Waals surface area contributed by atoms with Gasteiger partial charge in [0, 0.05) is 11.4 Å². The molecule has 0 spiro atoms. The van der Waals surface area contributed by atoms with Crippen molar-refractivity contribution in [3.05, 3.63) is 121 Å². The fourth-order valence-corrected chi connectivity index (χ4v) is 3.70. The second-order valence-corrected chi connectivity index (χ2v) is 7.21. The minimum Gasteiger partial charge on any atom is -0.355 e. The summed E-state index contributed by atoms with van der Waals surface area (Å²) in [5, 5.41) is 6.04. The Balaban J connectivity index is 1.40. The highest BCUT2D eigenvalue weighted by atomic mass is 14.9. The molecule has 5 aromatic rings. The van der Waals surface area contributed by atoms with Crippen LogP contribution in [0.15, 0.2) is 121 Å². The second kappa shape index (κ2) is 7.65. The number of hydrogen-bond acceptors (Lipinski definition) is 1. The van der Waals surface area contributed by atoms with Crippen molar-refractivity contribution in [2.45, 2.75) is 0 Å². The molecule has 138 valence electrons. The van der Waals surface area contributed by atoms with E-state index in [2.05, 4.69) is 121 Å². The highest BCUT2D eigenvalue weighted by Gasteiger charge is 2.03. The van der Waals surface area contributed by atoms with E-state index in [0.29, 0.717) is 0 Å². The van der Waals surface area contributed by atoms with Crippen LogP contribution >= 0.6 is 0 Å². The summed E-state index contributed by atoms with van der Waals surface area (Å²) >= 11 is 0. The quantitative estimate of drug-likeness (QED) is 0.338. The summed E-state index contributed by atoms with van der Waals surface area (Å²) in [6.45, 7) is 0. The van der Waals surface area contributed by atoms with Crippen LogP contribution in [0.5, 0.6) is 0 Å². The molecule has 1 heteroatoms. The van der Waals surface area contributed by atoms with Crippen LogP contribution in [0, 0.1) is 0 Å². The Labute approximate surface area is 171 Å². The average molecular weight is 371 g/mol. The van der Waals surface area contributed by atoms with Gasteiger partial charge in [0.05, 0.1) is 0 Å². The predicted octanol–water partition coefficient (Wildman–Crippen LogP) is 7.92. The van der Waals surface area contributed by atoms with Gasteiger partial charge in [0.25, 0.3) is 0 Å². The molecule has 1 nitrogen and oxygen atoms in total. The van der Waals surface area contributed by atoms with Gasteiger partial charge in [0.1, 0.15) is 0 Å². The van der Waals surface area contributed by atoms with Gasteiger partial charge in [-0.15, -0.1) is 0 Å². The van der Waals surface area contributed by atoms with Crippen LogP contribution in [0.25, 0.3) is 33.0 Å². The molecule has 0 aliphatic rings. The smallest absolute Gasteiger partial charge is 0.0390 e. The number of fused-ring (bicyclic) bond motifs is 1. The van der Waals surface area contributed by atoms with Crippen molar-refractivity contribution in [1.82, 2.24) is 0 Å². The van der Waals surface area contributed by atoms with Crippen LogP contribution in [0.4, 0.5) is 11.4 Å². The molecule has 0 saturated heterocycles. The number of rotatable bonds is 4. The summed E-state index contributed by atoms with van der Waals surface area (Å²) in [6, 6.07) is 42.7. The van der Waals surface area contributed by atoms with Gasteiger partial charge in [0.15, 0.2) is 0 Å². The van der Waals surface area contributed by atoms with Gasteiger partial charge in [-0.1, -0.05) is 97.1 Å². The highest BCUT2D eigenvalue weighted by molar-refractivity contribution is 5.86. The van der Waals surface area contributed by atoms with Crippen molar-refractivity contribution in [3.63, 3.8) is 0 Å². The SMILES string of the molecule is c1ccc(-c2ccc(-c3cccc(Nc4ccc5ccccc5c4)c3)cc2)cc1. The standard InChI is InChI=1S/C28H21N/c1-2-7-21(8-3-1)23-13-15-24(16-14-23)26-11-6-12-27(19-26)29-28-18-17-22-9-4-5-10-25(22)20-28/h1-20,29H. The third-order valence-corrected chi connectivity index (χ3v) is 5.23. The number of hydrogen-bond donors (Lipinski definition) is 1. The molecule has 0 bridgehead atoms. The molecule has 0 fully saturated rings. The van der Waals surface area contributed by atoms with Crippen LogP contribution in [0.1, 0.15) is 0 Å². The Morgan fingerprint density at radius 2 is 0.931 bits per heavy atom. The van der Waals surface area contributed by atoms with Crippen LogP contribution in [-0.2, 0) is 0 Å². The van der Waals surface area contributed by atoms with Crippen molar-refractivity contribution in [2.24, 2.45) is 0 Å². The lowest BCUT2D eigenvalue weighted by Gasteiger charge is -2.10. The zero-order valence-electron chi connectivity index (χ0n) is 16.0. The van der Waals surface area contributed by atoms with E-state index in [-0.39, 0.29) is 0 Å². The monoisotopic (exact) mass is 371 g/mol. The van der Waals surface area contributed by atoms with Crippen LogP contribution in [-0.4, -0.2) is 0 Å². The molecule has 1 N–H and O–H groups in total. The fraction of sp³-hybridized carbons (Fsp3) is 0. The maximum absolute atomic E-state index is 3.54. The molecule has 0 radical (unpaired) electrons. The van der Waals surface area contributed by atoms with E-state index in [9.17, 15) is 0 Å². The Hall–Kier alpha value is -3.84.